The summed E-state index contributed by atoms with van der Waals surface area (Å²) in [6.07, 6.45) is 5.63. The van der Waals surface area contributed by atoms with E-state index in [0.717, 1.165) is 17.8 Å². The van der Waals surface area contributed by atoms with Crippen LogP contribution in [0.4, 0.5) is 0 Å². The Morgan fingerprint density at radius 2 is 2.15 bits per heavy atom. The summed E-state index contributed by atoms with van der Waals surface area (Å²) in [5, 5.41) is 3.53. The van der Waals surface area contributed by atoms with Crippen molar-refractivity contribution in [1.82, 2.24) is 5.32 Å². The highest BCUT2D eigenvalue weighted by atomic mass is 14.9. The molecule has 1 fully saturated rings. The van der Waals surface area contributed by atoms with E-state index in [-0.39, 0.29) is 0 Å². The molecule has 78 valence electrons. The molecule has 0 saturated carbocycles. The van der Waals surface area contributed by atoms with Crippen LogP contribution in [0.15, 0.2) is 0 Å². The van der Waals surface area contributed by atoms with E-state index in [9.17, 15) is 0 Å². The lowest BCUT2D eigenvalue weighted by molar-refractivity contribution is 0.256. The molecule has 1 nitrogen and oxygen atoms in total. The number of piperidine rings is 1. The summed E-state index contributed by atoms with van der Waals surface area (Å²) in [5.74, 6) is 2.78. The van der Waals surface area contributed by atoms with Gasteiger partial charge in [-0.3, -0.25) is 0 Å². The Morgan fingerprint density at radius 3 is 2.77 bits per heavy atom. The fourth-order valence-corrected chi connectivity index (χ4v) is 2.63. The van der Waals surface area contributed by atoms with Gasteiger partial charge in [-0.05, 0) is 43.7 Å². The van der Waals surface area contributed by atoms with E-state index in [4.69, 9.17) is 0 Å². The molecule has 3 unspecified atom stereocenters. The maximum atomic E-state index is 3.53. The molecule has 0 aromatic carbocycles. The third kappa shape index (κ3) is 4.12. The summed E-state index contributed by atoms with van der Waals surface area (Å²) in [6.45, 7) is 9.56. The van der Waals surface area contributed by atoms with Crippen LogP contribution in [-0.4, -0.2) is 13.1 Å². The molecule has 1 aliphatic heterocycles. The van der Waals surface area contributed by atoms with Crippen molar-refractivity contribution in [3.05, 3.63) is 0 Å². The molecular formula is C12H25N. The van der Waals surface area contributed by atoms with E-state index in [1.165, 1.54) is 38.8 Å². The molecule has 0 bridgehead atoms. The van der Waals surface area contributed by atoms with Crippen molar-refractivity contribution in [3.63, 3.8) is 0 Å². The minimum atomic E-state index is 0.896. The molecule has 0 aromatic rings. The van der Waals surface area contributed by atoms with E-state index in [0.29, 0.717) is 0 Å². The van der Waals surface area contributed by atoms with Crippen molar-refractivity contribution >= 4 is 0 Å². The average Bonchev–Trinajstić information content (AvgIpc) is 2.04. The molecule has 0 aromatic heterocycles. The Bertz CT molecular complexity index is 133. The van der Waals surface area contributed by atoms with Gasteiger partial charge in [-0.1, -0.05) is 33.6 Å². The van der Waals surface area contributed by atoms with Crippen LogP contribution in [-0.2, 0) is 0 Å². The summed E-state index contributed by atoms with van der Waals surface area (Å²) < 4.78 is 0. The Balaban J connectivity index is 2.19. The largest absolute Gasteiger partial charge is 0.316 e. The first-order valence-electron chi connectivity index (χ1n) is 5.93. The van der Waals surface area contributed by atoms with Crippen LogP contribution in [0.5, 0.6) is 0 Å². The van der Waals surface area contributed by atoms with E-state index in [1.807, 2.05) is 0 Å². The molecule has 0 amide bonds. The van der Waals surface area contributed by atoms with Gasteiger partial charge in [-0.25, -0.2) is 0 Å². The summed E-state index contributed by atoms with van der Waals surface area (Å²) >= 11 is 0. The first kappa shape index (κ1) is 11.0. The zero-order valence-corrected chi connectivity index (χ0v) is 9.47. The molecule has 1 heteroatoms. The van der Waals surface area contributed by atoms with Crippen molar-refractivity contribution in [2.45, 2.75) is 46.5 Å². The Hall–Kier alpha value is -0.0400. The molecule has 1 N–H and O–H groups in total. The minimum absolute atomic E-state index is 0.896. The van der Waals surface area contributed by atoms with Crippen LogP contribution >= 0.6 is 0 Å². The van der Waals surface area contributed by atoms with Crippen molar-refractivity contribution < 1.29 is 0 Å². The lowest BCUT2D eigenvalue weighted by Crippen LogP contribution is -2.35. The normalized spacial score (nSPS) is 31.6. The van der Waals surface area contributed by atoms with E-state index in [1.54, 1.807) is 0 Å². The van der Waals surface area contributed by atoms with Gasteiger partial charge in [0.15, 0.2) is 0 Å². The fraction of sp³-hybridized carbons (Fsp3) is 1.00. The maximum Gasteiger partial charge on any atom is -0.00202 e. The second kappa shape index (κ2) is 5.64. The summed E-state index contributed by atoms with van der Waals surface area (Å²) in [5.41, 5.74) is 0. The number of hydrogen-bond acceptors (Lipinski definition) is 1. The number of nitrogens with one attached hydrogen (secondary N) is 1. The highest BCUT2D eigenvalue weighted by Crippen LogP contribution is 2.24. The molecule has 0 aliphatic carbocycles. The van der Waals surface area contributed by atoms with E-state index >= 15 is 0 Å². The van der Waals surface area contributed by atoms with Gasteiger partial charge in [0, 0.05) is 0 Å². The smallest absolute Gasteiger partial charge is 0.00202 e. The van der Waals surface area contributed by atoms with Gasteiger partial charge in [0.2, 0.25) is 0 Å². The van der Waals surface area contributed by atoms with Gasteiger partial charge < -0.3 is 5.32 Å². The molecule has 3 atom stereocenters. The van der Waals surface area contributed by atoms with Crippen LogP contribution in [0.1, 0.15) is 46.5 Å². The van der Waals surface area contributed by atoms with Gasteiger partial charge in [0.05, 0.1) is 0 Å². The molecule has 1 rings (SSSR count). The predicted molar refractivity (Wildman–Crippen MR) is 58.8 cm³/mol. The van der Waals surface area contributed by atoms with Crippen LogP contribution in [0, 0.1) is 17.8 Å². The maximum absolute atomic E-state index is 3.53. The molecular weight excluding hydrogens is 158 g/mol. The molecule has 1 aliphatic rings. The third-order valence-electron chi connectivity index (χ3n) is 3.18. The highest BCUT2D eigenvalue weighted by Gasteiger charge is 2.19. The summed E-state index contributed by atoms with van der Waals surface area (Å²) in [7, 11) is 0. The van der Waals surface area contributed by atoms with Crippen molar-refractivity contribution in [3.8, 4) is 0 Å². The average molecular weight is 183 g/mol. The molecule has 0 radical (unpaired) electrons. The summed E-state index contributed by atoms with van der Waals surface area (Å²) in [6, 6.07) is 0. The fourth-order valence-electron chi connectivity index (χ4n) is 2.63. The van der Waals surface area contributed by atoms with Gasteiger partial charge in [-0.15, -0.1) is 0 Å². The van der Waals surface area contributed by atoms with Crippen LogP contribution in [0.3, 0.4) is 0 Å². The first-order valence-corrected chi connectivity index (χ1v) is 5.93. The summed E-state index contributed by atoms with van der Waals surface area (Å²) in [4.78, 5) is 0. The first-order chi connectivity index (χ1) is 6.22. The minimum Gasteiger partial charge on any atom is -0.316 e. The number of rotatable bonds is 4. The Morgan fingerprint density at radius 1 is 1.38 bits per heavy atom. The highest BCUT2D eigenvalue weighted by molar-refractivity contribution is 4.75. The molecule has 1 saturated heterocycles. The van der Waals surface area contributed by atoms with E-state index in [2.05, 4.69) is 26.1 Å². The monoisotopic (exact) mass is 183 g/mol. The SMILES string of the molecule is CCCC(C)CC1CNCC(C)C1. The second-order valence-electron chi connectivity index (χ2n) is 4.99. The zero-order chi connectivity index (χ0) is 9.68. The predicted octanol–water partition coefficient (Wildman–Crippen LogP) is 3.06. The van der Waals surface area contributed by atoms with Gasteiger partial charge >= 0.3 is 0 Å². The lowest BCUT2D eigenvalue weighted by atomic mass is 9.84. The van der Waals surface area contributed by atoms with Crippen molar-refractivity contribution in [2.75, 3.05) is 13.1 Å². The van der Waals surface area contributed by atoms with Gasteiger partial charge in [0.1, 0.15) is 0 Å². The topological polar surface area (TPSA) is 12.0 Å². The Labute approximate surface area is 83.3 Å². The van der Waals surface area contributed by atoms with Crippen molar-refractivity contribution in [2.24, 2.45) is 17.8 Å². The molecule has 0 spiro atoms. The van der Waals surface area contributed by atoms with Crippen LogP contribution in [0.2, 0.25) is 0 Å². The Kier molecular flexibility index (Phi) is 4.79. The lowest BCUT2D eigenvalue weighted by Gasteiger charge is -2.29. The second-order valence-corrected chi connectivity index (χ2v) is 4.99. The molecule has 13 heavy (non-hydrogen) atoms. The molecule has 1 heterocycles. The standard InChI is InChI=1S/C12H25N/c1-4-5-10(2)6-12-7-11(3)8-13-9-12/h10-13H,4-9H2,1-3H3. The van der Waals surface area contributed by atoms with Gasteiger partial charge in [-0.2, -0.15) is 0 Å². The number of hydrogen-bond donors (Lipinski definition) is 1. The van der Waals surface area contributed by atoms with Crippen LogP contribution < -0.4 is 5.32 Å². The zero-order valence-electron chi connectivity index (χ0n) is 9.47. The van der Waals surface area contributed by atoms with Crippen molar-refractivity contribution in [1.29, 1.82) is 0 Å². The quantitative estimate of drug-likeness (QED) is 0.706. The van der Waals surface area contributed by atoms with Gasteiger partial charge in [0.25, 0.3) is 0 Å². The van der Waals surface area contributed by atoms with E-state index < -0.39 is 0 Å². The third-order valence-corrected chi connectivity index (χ3v) is 3.18. The van der Waals surface area contributed by atoms with Crippen LogP contribution in [0.25, 0.3) is 0 Å².